The van der Waals surface area contributed by atoms with Gasteiger partial charge in [-0.3, -0.25) is 0 Å². The molecular weight excluding hydrogens is 200 g/mol. The van der Waals surface area contributed by atoms with E-state index in [1.165, 1.54) is 0 Å². The molecule has 0 saturated heterocycles. The van der Waals surface area contributed by atoms with Crippen molar-refractivity contribution < 1.29 is 9.53 Å². The fraction of sp³-hybridized carbons (Fsp3) is 0.500. The smallest absolute Gasteiger partial charge is 0.338 e. The fourth-order valence-electron chi connectivity index (χ4n) is 1.77. The van der Waals surface area contributed by atoms with Crippen molar-refractivity contribution in [3.63, 3.8) is 0 Å². The fourth-order valence-corrected chi connectivity index (χ4v) is 1.77. The predicted molar refractivity (Wildman–Crippen MR) is 65.8 cm³/mol. The highest BCUT2D eigenvalue weighted by Crippen LogP contribution is 2.28. The van der Waals surface area contributed by atoms with Crippen molar-refractivity contribution in [1.29, 1.82) is 0 Å². The molecule has 0 N–H and O–H groups in total. The highest BCUT2D eigenvalue weighted by Gasteiger charge is 2.23. The van der Waals surface area contributed by atoms with E-state index in [9.17, 15) is 4.79 Å². The molecular formula is C14H20O2. The molecule has 88 valence electrons. The molecule has 0 saturated carbocycles. The number of hydrogen-bond donors (Lipinski definition) is 0. The van der Waals surface area contributed by atoms with Crippen LogP contribution in [0.15, 0.2) is 18.2 Å². The van der Waals surface area contributed by atoms with Crippen LogP contribution >= 0.6 is 0 Å². The monoisotopic (exact) mass is 220 g/mol. The van der Waals surface area contributed by atoms with Crippen molar-refractivity contribution in [2.45, 2.75) is 40.0 Å². The first-order chi connectivity index (χ1) is 7.38. The van der Waals surface area contributed by atoms with Crippen molar-refractivity contribution in [2.75, 3.05) is 6.61 Å². The number of aryl methyl sites for hydroxylation is 1. The molecule has 1 rings (SSSR count). The predicted octanol–water partition coefficient (Wildman–Crippen LogP) is 3.47. The summed E-state index contributed by atoms with van der Waals surface area (Å²) in [4.78, 5) is 11.9. The third-order valence-electron chi connectivity index (χ3n) is 2.56. The van der Waals surface area contributed by atoms with Crippen LogP contribution in [0.5, 0.6) is 0 Å². The first kappa shape index (κ1) is 12.8. The number of carbonyl (C=O) groups excluding carboxylic acids is 1. The van der Waals surface area contributed by atoms with Gasteiger partial charge in [-0.05, 0) is 30.4 Å². The molecule has 0 unspecified atom stereocenters. The SMILES string of the molecule is CCOC(=O)c1c(C)cccc1C(C)(C)C. The standard InChI is InChI=1S/C14H20O2/c1-6-16-13(15)12-10(2)8-7-9-11(12)14(3,4)5/h7-9H,6H2,1-5H3. The van der Waals surface area contributed by atoms with Crippen LogP contribution < -0.4 is 0 Å². The topological polar surface area (TPSA) is 26.3 Å². The molecule has 0 heterocycles. The van der Waals surface area contributed by atoms with Crippen molar-refractivity contribution in [2.24, 2.45) is 0 Å². The Kier molecular flexibility index (Phi) is 3.74. The maximum atomic E-state index is 11.9. The number of rotatable bonds is 2. The van der Waals surface area contributed by atoms with Crippen LogP contribution in [0.4, 0.5) is 0 Å². The summed E-state index contributed by atoms with van der Waals surface area (Å²) in [5, 5.41) is 0. The Hall–Kier alpha value is -1.31. The minimum absolute atomic E-state index is 0.0475. The molecule has 0 bridgehead atoms. The Balaban J connectivity index is 3.30. The Morgan fingerprint density at radius 3 is 2.44 bits per heavy atom. The van der Waals surface area contributed by atoms with Gasteiger partial charge in [-0.15, -0.1) is 0 Å². The lowest BCUT2D eigenvalue weighted by molar-refractivity contribution is 0.0522. The van der Waals surface area contributed by atoms with Gasteiger partial charge in [-0.1, -0.05) is 39.0 Å². The molecule has 0 fully saturated rings. The van der Waals surface area contributed by atoms with Crippen LogP contribution in [0.3, 0.4) is 0 Å². The van der Waals surface area contributed by atoms with Gasteiger partial charge in [0, 0.05) is 0 Å². The molecule has 0 amide bonds. The van der Waals surface area contributed by atoms with Gasteiger partial charge in [-0.25, -0.2) is 4.79 Å². The zero-order valence-electron chi connectivity index (χ0n) is 10.8. The molecule has 2 nitrogen and oxygen atoms in total. The van der Waals surface area contributed by atoms with Crippen molar-refractivity contribution in [1.82, 2.24) is 0 Å². The van der Waals surface area contributed by atoms with E-state index >= 15 is 0 Å². The van der Waals surface area contributed by atoms with E-state index in [-0.39, 0.29) is 11.4 Å². The van der Waals surface area contributed by atoms with Gasteiger partial charge in [0.25, 0.3) is 0 Å². The van der Waals surface area contributed by atoms with E-state index < -0.39 is 0 Å². The second kappa shape index (κ2) is 4.69. The summed E-state index contributed by atoms with van der Waals surface area (Å²) in [5.74, 6) is -0.217. The zero-order chi connectivity index (χ0) is 12.3. The highest BCUT2D eigenvalue weighted by molar-refractivity contribution is 5.93. The van der Waals surface area contributed by atoms with E-state index in [1.807, 2.05) is 32.0 Å². The third-order valence-corrected chi connectivity index (χ3v) is 2.56. The summed E-state index contributed by atoms with van der Waals surface area (Å²) >= 11 is 0. The van der Waals surface area contributed by atoms with Gasteiger partial charge >= 0.3 is 5.97 Å². The molecule has 0 aliphatic rings. The molecule has 0 aliphatic carbocycles. The normalized spacial score (nSPS) is 11.3. The van der Waals surface area contributed by atoms with Gasteiger partial charge in [0.1, 0.15) is 0 Å². The lowest BCUT2D eigenvalue weighted by Crippen LogP contribution is -2.19. The lowest BCUT2D eigenvalue weighted by atomic mass is 9.82. The maximum absolute atomic E-state index is 11.9. The first-order valence-electron chi connectivity index (χ1n) is 5.65. The molecule has 1 aromatic carbocycles. The van der Waals surface area contributed by atoms with Crippen molar-refractivity contribution >= 4 is 5.97 Å². The van der Waals surface area contributed by atoms with E-state index in [0.717, 1.165) is 16.7 Å². The van der Waals surface area contributed by atoms with Crippen LogP contribution in [0.25, 0.3) is 0 Å². The second-order valence-electron chi connectivity index (χ2n) is 4.97. The molecule has 0 atom stereocenters. The third kappa shape index (κ3) is 2.63. The van der Waals surface area contributed by atoms with Gasteiger partial charge in [-0.2, -0.15) is 0 Å². The number of esters is 1. The number of carbonyl (C=O) groups is 1. The molecule has 2 heteroatoms. The molecule has 0 aromatic heterocycles. The van der Waals surface area contributed by atoms with E-state index in [1.54, 1.807) is 0 Å². The Morgan fingerprint density at radius 2 is 1.94 bits per heavy atom. The Bertz CT molecular complexity index is 386. The Labute approximate surface area is 97.6 Å². The summed E-state index contributed by atoms with van der Waals surface area (Å²) in [6, 6.07) is 5.93. The minimum atomic E-state index is -0.217. The highest BCUT2D eigenvalue weighted by atomic mass is 16.5. The molecule has 0 spiro atoms. The van der Waals surface area contributed by atoms with Crippen molar-refractivity contribution in [3.8, 4) is 0 Å². The van der Waals surface area contributed by atoms with Gasteiger partial charge in [0.05, 0.1) is 12.2 Å². The zero-order valence-corrected chi connectivity index (χ0v) is 10.8. The number of benzene rings is 1. The summed E-state index contributed by atoms with van der Waals surface area (Å²) in [6.07, 6.45) is 0. The molecule has 1 aromatic rings. The second-order valence-corrected chi connectivity index (χ2v) is 4.97. The van der Waals surface area contributed by atoms with E-state index in [0.29, 0.717) is 6.61 Å². The Morgan fingerprint density at radius 1 is 1.31 bits per heavy atom. The summed E-state index contributed by atoms with van der Waals surface area (Å²) < 4.78 is 5.11. The van der Waals surface area contributed by atoms with E-state index in [4.69, 9.17) is 4.74 Å². The van der Waals surface area contributed by atoms with Gasteiger partial charge in [0.2, 0.25) is 0 Å². The van der Waals surface area contributed by atoms with Crippen LogP contribution in [0.2, 0.25) is 0 Å². The van der Waals surface area contributed by atoms with E-state index in [2.05, 4.69) is 20.8 Å². The average molecular weight is 220 g/mol. The van der Waals surface area contributed by atoms with Crippen LogP contribution in [-0.4, -0.2) is 12.6 Å². The molecule has 0 radical (unpaired) electrons. The molecule has 0 aliphatic heterocycles. The summed E-state index contributed by atoms with van der Waals surface area (Å²) in [5.41, 5.74) is 2.70. The average Bonchev–Trinajstić information content (AvgIpc) is 2.16. The van der Waals surface area contributed by atoms with Crippen molar-refractivity contribution in [3.05, 3.63) is 34.9 Å². The maximum Gasteiger partial charge on any atom is 0.338 e. The van der Waals surface area contributed by atoms with Gasteiger partial charge < -0.3 is 4.74 Å². The number of ether oxygens (including phenoxy) is 1. The number of hydrogen-bond acceptors (Lipinski definition) is 2. The minimum Gasteiger partial charge on any atom is -0.462 e. The first-order valence-corrected chi connectivity index (χ1v) is 5.65. The quantitative estimate of drug-likeness (QED) is 0.713. The van der Waals surface area contributed by atoms with Crippen LogP contribution in [0.1, 0.15) is 49.2 Å². The lowest BCUT2D eigenvalue weighted by Gasteiger charge is -2.23. The van der Waals surface area contributed by atoms with Crippen LogP contribution in [-0.2, 0) is 10.2 Å². The summed E-state index contributed by atoms with van der Waals surface area (Å²) in [7, 11) is 0. The molecule has 16 heavy (non-hydrogen) atoms. The largest absolute Gasteiger partial charge is 0.462 e. The van der Waals surface area contributed by atoms with Crippen LogP contribution in [0, 0.1) is 6.92 Å². The van der Waals surface area contributed by atoms with Gasteiger partial charge in [0.15, 0.2) is 0 Å². The summed E-state index contributed by atoms with van der Waals surface area (Å²) in [6.45, 7) is 10.5.